The Morgan fingerprint density at radius 3 is 1.77 bits per heavy atom. The standard InChI is InChI=1S/C2H4N4O.C2H3N3O/c1-4-2(7)5-6-3;1-2(6)4-5-3/h1H3,(H,4,7);1H3. The van der Waals surface area contributed by atoms with Gasteiger partial charge in [0.15, 0.2) is 0 Å². The van der Waals surface area contributed by atoms with Crippen molar-refractivity contribution in [3.63, 3.8) is 0 Å². The number of nitrogens with zero attached hydrogens (tertiary/aromatic N) is 6. The van der Waals surface area contributed by atoms with Crippen LogP contribution in [0.15, 0.2) is 10.2 Å². The second kappa shape index (κ2) is 9.76. The van der Waals surface area contributed by atoms with E-state index in [2.05, 4.69) is 25.4 Å². The summed E-state index contributed by atoms with van der Waals surface area (Å²) in [6.45, 7) is 1.19. The Morgan fingerprint density at radius 1 is 1.23 bits per heavy atom. The molecule has 13 heavy (non-hydrogen) atoms. The van der Waals surface area contributed by atoms with Crippen LogP contribution < -0.4 is 5.32 Å². The van der Waals surface area contributed by atoms with E-state index in [4.69, 9.17) is 11.1 Å². The first-order chi connectivity index (χ1) is 6.08. The molecule has 0 aromatic rings. The topological polar surface area (TPSA) is 144 Å². The van der Waals surface area contributed by atoms with E-state index in [0.717, 1.165) is 0 Å². The lowest BCUT2D eigenvalue weighted by atomic mass is 10.8. The van der Waals surface area contributed by atoms with Gasteiger partial charge in [0.2, 0.25) is 5.91 Å². The molecule has 0 atom stereocenters. The molecule has 0 saturated carbocycles. The number of nitrogens with one attached hydrogen (secondary N) is 1. The lowest BCUT2D eigenvalue weighted by Gasteiger charge is -1.80. The molecule has 0 aromatic carbocycles. The van der Waals surface area contributed by atoms with Crippen molar-refractivity contribution in [2.24, 2.45) is 10.2 Å². The van der Waals surface area contributed by atoms with Crippen molar-refractivity contribution in [2.75, 3.05) is 7.05 Å². The highest BCUT2D eigenvalue weighted by Crippen LogP contribution is 1.68. The molecule has 0 fully saturated rings. The van der Waals surface area contributed by atoms with Gasteiger partial charge in [0.1, 0.15) is 0 Å². The van der Waals surface area contributed by atoms with Crippen molar-refractivity contribution < 1.29 is 9.59 Å². The molecule has 9 nitrogen and oxygen atoms in total. The van der Waals surface area contributed by atoms with Crippen molar-refractivity contribution in [3.05, 3.63) is 20.9 Å². The number of rotatable bonds is 0. The summed E-state index contributed by atoms with van der Waals surface area (Å²) in [5.41, 5.74) is 15.0. The number of carbonyl (C=O) groups is 2. The van der Waals surface area contributed by atoms with E-state index >= 15 is 0 Å². The summed E-state index contributed by atoms with van der Waals surface area (Å²) >= 11 is 0. The molecule has 0 saturated heterocycles. The number of urea groups is 1. The normalized spacial score (nSPS) is 6.31. The minimum absolute atomic E-state index is 0.502. The van der Waals surface area contributed by atoms with Gasteiger partial charge in [-0.25, -0.2) is 0 Å². The highest BCUT2D eigenvalue weighted by molar-refractivity contribution is 5.74. The third-order valence-electron chi connectivity index (χ3n) is 0.535. The smallest absolute Gasteiger partial charge is 0.307 e. The molecule has 0 aliphatic carbocycles. The van der Waals surface area contributed by atoms with Gasteiger partial charge in [0.25, 0.3) is 0 Å². The van der Waals surface area contributed by atoms with Gasteiger partial charge < -0.3 is 5.32 Å². The maximum Gasteiger partial charge on any atom is 0.307 e. The predicted octanol–water partition coefficient (Wildman–Crippen LogP) is 1.48. The lowest BCUT2D eigenvalue weighted by molar-refractivity contribution is -0.115. The summed E-state index contributed by atoms with van der Waals surface area (Å²) in [6.07, 6.45) is 0. The Balaban J connectivity index is 0. The molecule has 0 aliphatic rings. The van der Waals surface area contributed by atoms with E-state index in [1.807, 2.05) is 0 Å². The first-order valence-corrected chi connectivity index (χ1v) is 2.91. The van der Waals surface area contributed by atoms with E-state index in [9.17, 15) is 9.59 Å². The molecule has 0 bridgehead atoms. The van der Waals surface area contributed by atoms with Crippen molar-refractivity contribution in [1.29, 1.82) is 0 Å². The lowest BCUT2D eigenvalue weighted by Crippen LogP contribution is -2.10. The Bertz CT molecular complexity index is 272. The van der Waals surface area contributed by atoms with Crippen LogP contribution >= 0.6 is 0 Å². The minimum Gasteiger partial charge on any atom is -0.354 e. The molecule has 0 heterocycles. The van der Waals surface area contributed by atoms with Crippen LogP contribution in [0, 0.1) is 0 Å². The van der Waals surface area contributed by atoms with Gasteiger partial charge in [-0.15, -0.1) is 0 Å². The molecule has 0 aliphatic heterocycles. The number of hydrogen-bond donors (Lipinski definition) is 1. The van der Waals surface area contributed by atoms with Gasteiger partial charge in [-0.3, -0.25) is 9.59 Å². The first-order valence-electron chi connectivity index (χ1n) is 2.91. The summed E-state index contributed by atoms with van der Waals surface area (Å²) in [7, 11) is 1.39. The van der Waals surface area contributed by atoms with Crippen LogP contribution in [-0.2, 0) is 4.79 Å². The maximum atomic E-state index is 9.88. The number of hydrogen-bond acceptors (Lipinski definition) is 2. The Labute approximate surface area is 73.0 Å². The van der Waals surface area contributed by atoms with Crippen LogP contribution in [0.1, 0.15) is 6.92 Å². The van der Waals surface area contributed by atoms with Crippen LogP contribution in [0.3, 0.4) is 0 Å². The van der Waals surface area contributed by atoms with Gasteiger partial charge in [0, 0.05) is 28.9 Å². The zero-order valence-corrected chi connectivity index (χ0v) is 7.00. The molecule has 70 valence electrons. The van der Waals surface area contributed by atoms with E-state index in [0.29, 0.717) is 0 Å². The molecule has 0 spiro atoms. The second-order valence-corrected chi connectivity index (χ2v) is 1.45. The predicted molar refractivity (Wildman–Crippen MR) is 43.4 cm³/mol. The van der Waals surface area contributed by atoms with Crippen LogP contribution in [-0.4, -0.2) is 19.0 Å². The summed E-state index contributed by atoms with van der Waals surface area (Å²) in [5.74, 6) is -0.502. The van der Waals surface area contributed by atoms with Crippen LogP contribution in [0.2, 0.25) is 0 Å². The summed E-state index contributed by atoms with van der Waals surface area (Å²) < 4.78 is 0. The number of carbonyl (C=O) groups excluding carboxylic acids is 2. The summed E-state index contributed by atoms with van der Waals surface area (Å²) in [4.78, 5) is 23.9. The highest BCUT2D eigenvalue weighted by atomic mass is 16.2. The zero-order valence-electron chi connectivity index (χ0n) is 7.00. The molecule has 9 heteroatoms. The van der Waals surface area contributed by atoms with Crippen molar-refractivity contribution in [3.8, 4) is 0 Å². The fourth-order valence-electron chi connectivity index (χ4n) is 0.154. The van der Waals surface area contributed by atoms with Gasteiger partial charge in [-0.2, -0.15) is 0 Å². The minimum atomic E-state index is -0.664. The number of amides is 3. The number of azide groups is 2. The molecular formula is C4H7N7O2. The average molecular weight is 185 g/mol. The van der Waals surface area contributed by atoms with Crippen molar-refractivity contribution in [2.45, 2.75) is 6.92 Å². The third kappa shape index (κ3) is 17.7. The molecule has 1 N–H and O–H groups in total. The summed E-state index contributed by atoms with van der Waals surface area (Å²) in [6, 6.07) is -0.664. The largest absolute Gasteiger partial charge is 0.354 e. The SMILES string of the molecule is CC(=O)N=[N+]=[N-].CNC(=O)N=[N+]=[N-]. The third-order valence-corrected chi connectivity index (χ3v) is 0.535. The fraction of sp³-hybridized carbons (Fsp3) is 0.500. The second-order valence-electron chi connectivity index (χ2n) is 1.45. The first kappa shape index (κ1) is 13.4. The monoisotopic (exact) mass is 185 g/mol. The van der Waals surface area contributed by atoms with Gasteiger partial charge in [-0.05, 0) is 16.2 Å². The van der Waals surface area contributed by atoms with Crippen LogP contribution in [0.25, 0.3) is 20.9 Å². The quantitative estimate of drug-likeness (QED) is 0.346. The Hall–Kier alpha value is -2.24. The van der Waals surface area contributed by atoms with Crippen molar-refractivity contribution >= 4 is 11.9 Å². The molecular weight excluding hydrogens is 178 g/mol. The van der Waals surface area contributed by atoms with Gasteiger partial charge in [0.05, 0.1) is 0 Å². The molecule has 0 radical (unpaired) electrons. The molecule has 0 aromatic heterocycles. The van der Waals surface area contributed by atoms with E-state index < -0.39 is 11.9 Å². The zero-order chi connectivity index (χ0) is 10.7. The van der Waals surface area contributed by atoms with E-state index in [1.165, 1.54) is 14.0 Å². The van der Waals surface area contributed by atoms with Crippen molar-refractivity contribution in [1.82, 2.24) is 5.32 Å². The molecule has 3 amide bonds. The highest BCUT2D eigenvalue weighted by Gasteiger charge is 1.83. The molecule has 0 unspecified atom stereocenters. The van der Waals surface area contributed by atoms with Crippen LogP contribution in [0.4, 0.5) is 4.79 Å². The Morgan fingerprint density at radius 2 is 1.69 bits per heavy atom. The fourth-order valence-corrected chi connectivity index (χ4v) is 0.154. The van der Waals surface area contributed by atoms with Gasteiger partial charge >= 0.3 is 6.03 Å². The van der Waals surface area contributed by atoms with Crippen LogP contribution in [0.5, 0.6) is 0 Å². The van der Waals surface area contributed by atoms with Gasteiger partial charge in [-0.1, -0.05) is 0 Å². The average Bonchev–Trinajstić information content (AvgIpc) is 2.05. The van der Waals surface area contributed by atoms with E-state index in [1.54, 1.807) is 0 Å². The van der Waals surface area contributed by atoms with E-state index in [-0.39, 0.29) is 0 Å². The maximum absolute atomic E-state index is 9.88. The summed E-state index contributed by atoms with van der Waals surface area (Å²) in [5, 5.41) is 7.45. The molecule has 0 rings (SSSR count). The Kier molecular flexibility index (Phi) is 10.0.